The number of rotatable bonds is 5. The number of hydrogen-bond donors (Lipinski definition) is 1. The van der Waals surface area contributed by atoms with Crippen LogP contribution in [0.2, 0.25) is 0 Å². The van der Waals surface area contributed by atoms with Crippen LogP contribution in [0.15, 0.2) is 36.9 Å². The molecule has 1 N–H and O–H groups in total. The average Bonchev–Trinajstić information content (AvgIpc) is 2.13. The molecule has 0 unspecified atom stereocenters. The van der Waals surface area contributed by atoms with Crippen molar-refractivity contribution >= 4 is 0 Å². The van der Waals surface area contributed by atoms with E-state index < -0.39 is 0 Å². The molecule has 0 aliphatic heterocycles. The van der Waals surface area contributed by atoms with Crippen LogP contribution in [0.4, 0.5) is 0 Å². The number of allylic oxidation sites excluding steroid dienone is 1. The molecule has 1 nitrogen and oxygen atoms in total. The molecule has 0 heterocycles. The lowest BCUT2D eigenvalue weighted by Crippen LogP contribution is -1.84. The SMILES string of the molecule is C=CCCCCc1cccc(O)c1. The second kappa shape index (κ2) is 5.41. The van der Waals surface area contributed by atoms with Gasteiger partial charge in [0.2, 0.25) is 0 Å². The van der Waals surface area contributed by atoms with Gasteiger partial charge in [-0.05, 0) is 43.4 Å². The van der Waals surface area contributed by atoms with Gasteiger partial charge in [0, 0.05) is 0 Å². The highest BCUT2D eigenvalue weighted by atomic mass is 16.3. The van der Waals surface area contributed by atoms with Crippen molar-refractivity contribution in [2.45, 2.75) is 25.7 Å². The summed E-state index contributed by atoms with van der Waals surface area (Å²) in [5.74, 6) is 0.362. The first-order valence-corrected chi connectivity index (χ1v) is 4.72. The van der Waals surface area contributed by atoms with Crippen molar-refractivity contribution in [3.05, 3.63) is 42.5 Å². The minimum atomic E-state index is 0.362. The Balaban J connectivity index is 2.32. The van der Waals surface area contributed by atoms with E-state index in [1.54, 1.807) is 6.07 Å². The molecule has 1 heteroatoms. The maximum Gasteiger partial charge on any atom is 0.115 e. The molecule has 0 bridgehead atoms. The van der Waals surface area contributed by atoms with Crippen molar-refractivity contribution in [1.82, 2.24) is 0 Å². The molecule has 0 aliphatic rings. The Morgan fingerprint density at radius 2 is 2.15 bits per heavy atom. The summed E-state index contributed by atoms with van der Waals surface area (Å²) in [6.45, 7) is 3.68. The predicted octanol–water partition coefficient (Wildman–Crippen LogP) is 3.29. The standard InChI is InChI=1S/C12H16O/c1-2-3-4-5-7-11-8-6-9-12(13)10-11/h2,6,8-10,13H,1,3-5,7H2. The lowest BCUT2D eigenvalue weighted by Gasteiger charge is -2.00. The van der Waals surface area contributed by atoms with E-state index in [-0.39, 0.29) is 0 Å². The number of phenolic OH excluding ortho intramolecular Hbond substituents is 1. The minimum absolute atomic E-state index is 0.362. The fourth-order valence-electron chi connectivity index (χ4n) is 1.33. The van der Waals surface area contributed by atoms with Crippen molar-refractivity contribution in [1.29, 1.82) is 0 Å². The van der Waals surface area contributed by atoms with E-state index in [1.807, 2.05) is 24.3 Å². The molecule has 0 saturated heterocycles. The number of hydrogen-bond acceptors (Lipinski definition) is 1. The summed E-state index contributed by atoms with van der Waals surface area (Å²) >= 11 is 0. The Labute approximate surface area is 79.7 Å². The third kappa shape index (κ3) is 3.79. The number of unbranched alkanes of at least 4 members (excludes halogenated alkanes) is 2. The number of aryl methyl sites for hydroxylation is 1. The monoisotopic (exact) mass is 176 g/mol. The van der Waals surface area contributed by atoms with Crippen molar-refractivity contribution in [3.63, 3.8) is 0 Å². The molecule has 0 radical (unpaired) electrons. The first-order chi connectivity index (χ1) is 6.33. The van der Waals surface area contributed by atoms with Gasteiger partial charge in [0.15, 0.2) is 0 Å². The van der Waals surface area contributed by atoms with Crippen molar-refractivity contribution in [2.24, 2.45) is 0 Å². The van der Waals surface area contributed by atoms with Gasteiger partial charge >= 0.3 is 0 Å². The third-order valence-corrected chi connectivity index (χ3v) is 2.03. The Bertz CT molecular complexity index is 266. The maximum absolute atomic E-state index is 9.20. The zero-order valence-corrected chi connectivity index (χ0v) is 7.87. The summed E-state index contributed by atoms with van der Waals surface area (Å²) < 4.78 is 0. The number of benzene rings is 1. The Morgan fingerprint density at radius 3 is 2.85 bits per heavy atom. The molecule has 70 valence electrons. The lowest BCUT2D eigenvalue weighted by molar-refractivity contribution is 0.474. The Hall–Kier alpha value is -1.24. The van der Waals surface area contributed by atoms with E-state index in [2.05, 4.69) is 6.58 Å². The smallest absolute Gasteiger partial charge is 0.115 e. The molecule has 1 rings (SSSR count). The highest BCUT2D eigenvalue weighted by molar-refractivity contribution is 5.27. The Kier molecular flexibility index (Phi) is 4.10. The second-order valence-corrected chi connectivity index (χ2v) is 3.20. The third-order valence-electron chi connectivity index (χ3n) is 2.03. The zero-order valence-electron chi connectivity index (χ0n) is 7.87. The summed E-state index contributed by atoms with van der Waals surface area (Å²) in [4.78, 5) is 0. The van der Waals surface area contributed by atoms with Crippen LogP contribution < -0.4 is 0 Å². The van der Waals surface area contributed by atoms with Gasteiger partial charge in [-0.3, -0.25) is 0 Å². The van der Waals surface area contributed by atoms with Crippen molar-refractivity contribution in [2.75, 3.05) is 0 Å². The van der Waals surface area contributed by atoms with Gasteiger partial charge in [0.25, 0.3) is 0 Å². The summed E-state index contributed by atoms with van der Waals surface area (Å²) in [5.41, 5.74) is 1.21. The van der Waals surface area contributed by atoms with Crippen LogP contribution in [0.1, 0.15) is 24.8 Å². The summed E-state index contributed by atoms with van der Waals surface area (Å²) in [7, 11) is 0. The maximum atomic E-state index is 9.20. The first kappa shape index (κ1) is 9.85. The molecule has 0 aromatic heterocycles. The highest BCUT2D eigenvalue weighted by Crippen LogP contribution is 2.13. The van der Waals surface area contributed by atoms with E-state index >= 15 is 0 Å². The fraction of sp³-hybridized carbons (Fsp3) is 0.333. The van der Waals surface area contributed by atoms with E-state index in [0.29, 0.717) is 5.75 Å². The van der Waals surface area contributed by atoms with Gasteiger partial charge in [-0.15, -0.1) is 6.58 Å². The van der Waals surface area contributed by atoms with Crippen LogP contribution >= 0.6 is 0 Å². The van der Waals surface area contributed by atoms with E-state index in [4.69, 9.17) is 0 Å². The average molecular weight is 176 g/mol. The van der Waals surface area contributed by atoms with Crippen LogP contribution in [0.3, 0.4) is 0 Å². The van der Waals surface area contributed by atoms with Gasteiger partial charge in [-0.1, -0.05) is 18.2 Å². The lowest BCUT2D eigenvalue weighted by atomic mass is 10.1. The summed E-state index contributed by atoms with van der Waals surface area (Å²) in [6.07, 6.45) is 6.41. The van der Waals surface area contributed by atoms with Gasteiger partial charge in [0.05, 0.1) is 0 Å². The van der Waals surface area contributed by atoms with Crippen molar-refractivity contribution < 1.29 is 5.11 Å². The minimum Gasteiger partial charge on any atom is -0.508 e. The van der Waals surface area contributed by atoms with Gasteiger partial charge in [-0.2, -0.15) is 0 Å². The molecule has 1 aromatic carbocycles. The van der Waals surface area contributed by atoms with E-state index in [0.717, 1.165) is 19.3 Å². The van der Waals surface area contributed by atoms with Crippen LogP contribution in [-0.2, 0) is 6.42 Å². The molecule has 0 atom stereocenters. The number of phenols is 1. The molecule has 0 saturated carbocycles. The molecule has 13 heavy (non-hydrogen) atoms. The first-order valence-electron chi connectivity index (χ1n) is 4.72. The van der Waals surface area contributed by atoms with Crippen LogP contribution in [0.5, 0.6) is 5.75 Å². The van der Waals surface area contributed by atoms with Crippen LogP contribution in [0.25, 0.3) is 0 Å². The normalized spacial score (nSPS) is 9.85. The molecule has 0 aliphatic carbocycles. The summed E-state index contributed by atoms with van der Waals surface area (Å²) in [6, 6.07) is 7.47. The van der Waals surface area contributed by atoms with Gasteiger partial charge in [0.1, 0.15) is 5.75 Å². The molecular formula is C12H16O. The second-order valence-electron chi connectivity index (χ2n) is 3.20. The van der Waals surface area contributed by atoms with Crippen LogP contribution in [-0.4, -0.2) is 5.11 Å². The van der Waals surface area contributed by atoms with Gasteiger partial charge in [-0.25, -0.2) is 0 Å². The molecule has 1 aromatic rings. The molecular weight excluding hydrogens is 160 g/mol. The Morgan fingerprint density at radius 1 is 1.31 bits per heavy atom. The van der Waals surface area contributed by atoms with Gasteiger partial charge < -0.3 is 5.11 Å². The summed E-state index contributed by atoms with van der Waals surface area (Å²) in [5, 5.41) is 9.20. The van der Waals surface area contributed by atoms with E-state index in [9.17, 15) is 5.11 Å². The zero-order chi connectivity index (χ0) is 9.52. The predicted molar refractivity (Wildman–Crippen MR) is 55.9 cm³/mol. The largest absolute Gasteiger partial charge is 0.508 e. The quantitative estimate of drug-likeness (QED) is 0.539. The molecule has 0 amide bonds. The van der Waals surface area contributed by atoms with E-state index in [1.165, 1.54) is 12.0 Å². The fourth-order valence-corrected chi connectivity index (χ4v) is 1.33. The van der Waals surface area contributed by atoms with Crippen LogP contribution in [0, 0.1) is 0 Å². The molecule has 0 spiro atoms. The topological polar surface area (TPSA) is 20.2 Å². The number of aromatic hydroxyl groups is 1. The highest BCUT2D eigenvalue weighted by Gasteiger charge is 1.93. The molecule has 0 fully saturated rings. The van der Waals surface area contributed by atoms with Crippen molar-refractivity contribution in [3.8, 4) is 5.75 Å².